The number of carbonyl (C=O) groups is 1. The fraction of sp³-hybridized carbons (Fsp3) is 0.316. The lowest BCUT2D eigenvalue weighted by Crippen LogP contribution is -2.28. The van der Waals surface area contributed by atoms with Gasteiger partial charge in [-0.15, -0.1) is 0 Å². The molecule has 0 atom stereocenters. The van der Waals surface area contributed by atoms with Gasteiger partial charge in [-0.25, -0.2) is 13.1 Å². The van der Waals surface area contributed by atoms with E-state index < -0.39 is 22.5 Å². The summed E-state index contributed by atoms with van der Waals surface area (Å²) < 4.78 is 61.3. The van der Waals surface area contributed by atoms with E-state index in [0.29, 0.717) is 5.56 Å². The molecule has 0 unspecified atom stereocenters. The first kappa shape index (κ1) is 22.6. The van der Waals surface area contributed by atoms with Crippen LogP contribution in [0.3, 0.4) is 0 Å². The van der Waals surface area contributed by atoms with Crippen molar-refractivity contribution in [1.82, 2.24) is 4.72 Å². The number of methoxy groups -OCH3 is 1. The van der Waals surface area contributed by atoms with Crippen molar-refractivity contribution in [3.63, 3.8) is 0 Å². The van der Waals surface area contributed by atoms with Gasteiger partial charge in [-0.2, -0.15) is 8.78 Å². The highest BCUT2D eigenvalue weighted by Gasteiger charge is 2.17. The molecule has 0 aromatic heterocycles. The molecule has 7 nitrogen and oxygen atoms in total. The molecule has 0 fully saturated rings. The van der Waals surface area contributed by atoms with Crippen LogP contribution in [0.5, 0.6) is 11.5 Å². The molecule has 10 heteroatoms. The van der Waals surface area contributed by atoms with E-state index in [9.17, 15) is 22.0 Å². The average molecular weight is 428 g/mol. The molecule has 2 aromatic rings. The second kappa shape index (κ2) is 9.66. The maximum absolute atomic E-state index is 12.5. The van der Waals surface area contributed by atoms with Gasteiger partial charge in [-0.1, -0.05) is 17.7 Å². The van der Waals surface area contributed by atoms with Crippen LogP contribution in [0.25, 0.3) is 0 Å². The van der Waals surface area contributed by atoms with Gasteiger partial charge in [0.15, 0.2) is 11.5 Å². The number of rotatable bonds is 9. The van der Waals surface area contributed by atoms with E-state index in [2.05, 4.69) is 14.8 Å². The number of ether oxygens (including phenoxy) is 2. The molecule has 1 amide bonds. The number of aryl methyl sites for hydroxylation is 2. The number of nitrogens with one attached hydrogen (secondary N) is 2. The summed E-state index contributed by atoms with van der Waals surface area (Å²) in [6.45, 7) is 0.377. The van der Waals surface area contributed by atoms with Gasteiger partial charge >= 0.3 is 6.61 Å². The molecule has 0 aliphatic carbocycles. The maximum atomic E-state index is 12.5. The SMILES string of the molecule is COc1ccc(NC(=O)CCNS(=O)(=O)c2ccc(C)cc2C)cc1OC(F)F. The van der Waals surface area contributed by atoms with Gasteiger partial charge in [-0.05, 0) is 37.6 Å². The zero-order valence-corrected chi connectivity index (χ0v) is 17.0. The van der Waals surface area contributed by atoms with Gasteiger partial charge in [0.1, 0.15) is 0 Å². The predicted molar refractivity (Wildman–Crippen MR) is 104 cm³/mol. The van der Waals surface area contributed by atoms with Gasteiger partial charge in [0.05, 0.1) is 12.0 Å². The van der Waals surface area contributed by atoms with E-state index in [1.165, 1.54) is 31.4 Å². The summed E-state index contributed by atoms with van der Waals surface area (Å²) >= 11 is 0. The van der Waals surface area contributed by atoms with Crippen molar-refractivity contribution in [2.75, 3.05) is 19.0 Å². The first-order chi connectivity index (χ1) is 13.6. The Kier molecular flexibility index (Phi) is 7.52. The lowest BCUT2D eigenvalue weighted by Gasteiger charge is -2.12. The third-order valence-corrected chi connectivity index (χ3v) is 5.55. The lowest BCUT2D eigenvalue weighted by molar-refractivity contribution is -0.116. The van der Waals surface area contributed by atoms with Crippen molar-refractivity contribution in [1.29, 1.82) is 0 Å². The van der Waals surface area contributed by atoms with E-state index in [1.807, 2.05) is 6.92 Å². The van der Waals surface area contributed by atoms with Crippen LogP contribution in [0.2, 0.25) is 0 Å². The Morgan fingerprint density at radius 3 is 2.45 bits per heavy atom. The van der Waals surface area contributed by atoms with E-state index in [4.69, 9.17) is 4.74 Å². The summed E-state index contributed by atoms with van der Waals surface area (Å²) in [5.41, 5.74) is 1.76. The monoisotopic (exact) mass is 428 g/mol. The van der Waals surface area contributed by atoms with Crippen LogP contribution >= 0.6 is 0 Å². The smallest absolute Gasteiger partial charge is 0.387 e. The van der Waals surface area contributed by atoms with Gasteiger partial charge in [0.25, 0.3) is 0 Å². The van der Waals surface area contributed by atoms with Crippen LogP contribution < -0.4 is 19.5 Å². The standard InChI is InChI=1S/C19H22F2N2O5S/c1-12-4-7-17(13(2)10-12)29(25,26)22-9-8-18(24)23-14-5-6-15(27-3)16(11-14)28-19(20)21/h4-7,10-11,19,22H,8-9H2,1-3H3,(H,23,24). The molecule has 0 aliphatic heterocycles. The minimum Gasteiger partial charge on any atom is -0.493 e. The van der Waals surface area contributed by atoms with Gasteiger partial charge in [-0.3, -0.25) is 4.79 Å². The third kappa shape index (κ3) is 6.40. The molecule has 0 saturated carbocycles. The number of alkyl halides is 2. The molecule has 0 radical (unpaired) electrons. The first-order valence-corrected chi connectivity index (χ1v) is 10.1. The summed E-state index contributed by atoms with van der Waals surface area (Å²) in [4.78, 5) is 12.2. The highest BCUT2D eigenvalue weighted by Crippen LogP contribution is 2.31. The molecule has 0 spiro atoms. The molecule has 0 bridgehead atoms. The summed E-state index contributed by atoms with van der Waals surface area (Å²) in [6, 6.07) is 8.98. The van der Waals surface area contributed by atoms with Crippen molar-refractivity contribution in [3.05, 3.63) is 47.5 Å². The Morgan fingerprint density at radius 1 is 1.10 bits per heavy atom. The van der Waals surface area contributed by atoms with Crippen LogP contribution in [0.15, 0.2) is 41.3 Å². The molecule has 2 aromatic carbocycles. The molecule has 2 rings (SSSR count). The number of hydrogen-bond donors (Lipinski definition) is 2. The molecule has 0 saturated heterocycles. The van der Waals surface area contributed by atoms with E-state index in [-0.39, 0.29) is 35.0 Å². The number of sulfonamides is 1. The number of halogens is 2. The molecule has 0 aliphatic rings. The Morgan fingerprint density at radius 2 is 1.83 bits per heavy atom. The van der Waals surface area contributed by atoms with Gasteiger partial charge in [0.2, 0.25) is 15.9 Å². The fourth-order valence-corrected chi connectivity index (χ4v) is 3.90. The minimum absolute atomic E-state index is 0.0875. The summed E-state index contributed by atoms with van der Waals surface area (Å²) in [6.07, 6.45) is -0.152. The van der Waals surface area contributed by atoms with Gasteiger partial charge < -0.3 is 14.8 Å². The highest BCUT2D eigenvalue weighted by molar-refractivity contribution is 7.89. The van der Waals surface area contributed by atoms with Crippen LogP contribution in [-0.2, 0) is 14.8 Å². The van der Waals surface area contributed by atoms with Crippen molar-refractivity contribution in [2.24, 2.45) is 0 Å². The summed E-state index contributed by atoms with van der Waals surface area (Å²) in [5.74, 6) is -0.637. The van der Waals surface area contributed by atoms with Crippen LogP contribution in [0.1, 0.15) is 17.5 Å². The van der Waals surface area contributed by atoms with E-state index in [0.717, 1.165) is 5.56 Å². The highest BCUT2D eigenvalue weighted by atomic mass is 32.2. The van der Waals surface area contributed by atoms with Crippen molar-refractivity contribution in [2.45, 2.75) is 31.8 Å². The van der Waals surface area contributed by atoms with Crippen LogP contribution in [0, 0.1) is 13.8 Å². The van der Waals surface area contributed by atoms with Crippen LogP contribution in [-0.4, -0.2) is 34.6 Å². The summed E-state index contributed by atoms with van der Waals surface area (Å²) in [7, 11) is -2.46. The lowest BCUT2D eigenvalue weighted by atomic mass is 10.2. The molecule has 158 valence electrons. The molecular weight excluding hydrogens is 406 g/mol. The Bertz CT molecular complexity index is 981. The minimum atomic E-state index is -3.76. The largest absolute Gasteiger partial charge is 0.493 e. The Labute approximate surface area is 168 Å². The second-order valence-corrected chi connectivity index (χ2v) is 7.94. The van der Waals surface area contributed by atoms with Crippen molar-refractivity contribution in [3.8, 4) is 11.5 Å². The maximum Gasteiger partial charge on any atom is 0.387 e. The van der Waals surface area contributed by atoms with Gasteiger partial charge in [0, 0.05) is 24.7 Å². The summed E-state index contributed by atoms with van der Waals surface area (Å²) in [5, 5.41) is 2.50. The molecule has 2 N–H and O–H groups in total. The zero-order valence-electron chi connectivity index (χ0n) is 16.2. The van der Waals surface area contributed by atoms with Crippen molar-refractivity contribution >= 4 is 21.6 Å². The van der Waals surface area contributed by atoms with E-state index in [1.54, 1.807) is 19.1 Å². The zero-order chi connectivity index (χ0) is 21.6. The quantitative estimate of drug-likeness (QED) is 0.640. The second-order valence-electron chi connectivity index (χ2n) is 6.21. The third-order valence-electron chi connectivity index (χ3n) is 3.93. The molecule has 0 heterocycles. The number of benzene rings is 2. The number of anilines is 1. The van der Waals surface area contributed by atoms with E-state index >= 15 is 0 Å². The number of amides is 1. The molecule has 29 heavy (non-hydrogen) atoms. The van der Waals surface area contributed by atoms with Crippen molar-refractivity contribution < 1.29 is 31.5 Å². The topological polar surface area (TPSA) is 93.7 Å². The fourth-order valence-electron chi connectivity index (χ4n) is 2.64. The number of hydrogen-bond acceptors (Lipinski definition) is 5. The van der Waals surface area contributed by atoms with Crippen LogP contribution in [0.4, 0.5) is 14.5 Å². The average Bonchev–Trinajstić information content (AvgIpc) is 2.61. The molecular formula is C19H22F2N2O5S. The normalized spacial score (nSPS) is 11.4. The Balaban J connectivity index is 1.96. The predicted octanol–water partition coefficient (Wildman–Crippen LogP) is 3.22. The Hall–Kier alpha value is -2.72. The number of carbonyl (C=O) groups excluding carboxylic acids is 1. The first-order valence-electron chi connectivity index (χ1n) is 8.62.